The summed E-state index contributed by atoms with van der Waals surface area (Å²) in [6.45, 7) is 6.74. The Balaban J connectivity index is 2.30. The molecule has 1 fully saturated rings. The highest BCUT2D eigenvalue weighted by Crippen LogP contribution is 2.35. The molecule has 2 unspecified atom stereocenters. The zero-order chi connectivity index (χ0) is 14.0. The Morgan fingerprint density at radius 3 is 2.84 bits per heavy atom. The van der Waals surface area contributed by atoms with Gasteiger partial charge in [-0.05, 0) is 43.0 Å². The third-order valence-electron chi connectivity index (χ3n) is 3.66. The summed E-state index contributed by atoms with van der Waals surface area (Å²) >= 11 is 9.68. The van der Waals surface area contributed by atoms with E-state index in [-0.39, 0.29) is 6.04 Å². The van der Waals surface area contributed by atoms with Crippen molar-refractivity contribution in [2.75, 3.05) is 13.1 Å². The molecule has 1 saturated heterocycles. The Bertz CT molecular complexity index is 436. The molecule has 2 rings (SSSR count). The molecule has 1 aliphatic rings. The van der Waals surface area contributed by atoms with Crippen molar-refractivity contribution < 1.29 is 0 Å². The number of likely N-dealkylation sites (tertiary alicyclic amines) is 1. The summed E-state index contributed by atoms with van der Waals surface area (Å²) in [5, 5.41) is 0.760. The van der Waals surface area contributed by atoms with E-state index in [0.717, 1.165) is 29.0 Å². The maximum Gasteiger partial charge on any atom is 0.0510 e. The van der Waals surface area contributed by atoms with Gasteiger partial charge in [0, 0.05) is 22.1 Å². The number of hydrogen-bond acceptors (Lipinski definition) is 2. The van der Waals surface area contributed by atoms with Crippen LogP contribution in [0, 0.1) is 5.92 Å². The van der Waals surface area contributed by atoms with Gasteiger partial charge in [-0.25, -0.2) is 0 Å². The minimum Gasteiger partial charge on any atom is -0.326 e. The van der Waals surface area contributed by atoms with E-state index in [1.807, 2.05) is 12.1 Å². The van der Waals surface area contributed by atoms with Crippen molar-refractivity contribution in [2.45, 2.75) is 38.8 Å². The quantitative estimate of drug-likeness (QED) is 0.888. The Morgan fingerprint density at radius 2 is 2.21 bits per heavy atom. The van der Waals surface area contributed by atoms with Gasteiger partial charge < -0.3 is 5.73 Å². The largest absolute Gasteiger partial charge is 0.326 e. The molecule has 1 aliphatic heterocycles. The van der Waals surface area contributed by atoms with Crippen LogP contribution in [0.5, 0.6) is 0 Å². The lowest BCUT2D eigenvalue weighted by molar-refractivity contribution is 0.113. The minimum atomic E-state index is 0.199. The third kappa shape index (κ3) is 3.72. The maximum atomic E-state index is 6.39. The molecule has 0 bridgehead atoms. The Kier molecular flexibility index (Phi) is 5.29. The first-order chi connectivity index (χ1) is 8.99. The van der Waals surface area contributed by atoms with Gasteiger partial charge in [0.1, 0.15) is 0 Å². The van der Waals surface area contributed by atoms with Crippen LogP contribution in [0.1, 0.15) is 38.3 Å². The molecule has 2 atom stereocenters. The van der Waals surface area contributed by atoms with E-state index in [2.05, 4.69) is 40.7 Å². The van der Waals surface area contributed by atoms with Gasteiger partial charge in [-0.1, -0.05) is 47.4 Å². The zero-order valence-corrected chi connectivity index (χ0v) is 13.9. The molecule has 0 aliphatic carbocycles. The molecular weight excluding hydrogens is 324 g/mol. The van der Waals surface area contributed by atoms with E-state index >= 15 is 0 Å². The Labute approximate surface area is 129 Å². The predicted octanol–water partition coefficient (Wildman–Crippen LogP) is 4.22. The highest BCUT2D eigenvalue weighted by Gasteiger charge is 2.31. The summed E-state index contributed by atoms with van der Waals surface area (Å²) in [6.07, 6.45) is 2.28. The van der Waals surface area contributed by atoms with Crippen LogP contribution < -0.4 is 5.73 Å². The highest BCUT2D eigenvalue weighted by molar-refractivity contribution is 9.10. The number of piperidine rings is 1. The first-order valence-corrected chi connectivity index (χ1v) is 8.10. The molecule has 2 nitrogen and oxygen atoms in total. The monoisotopic (exact) mass is 344 g/mol. The van der Waals surface area contributed by atoms with Crippen LogP contribution in [0.15, 0.2) is 22.7 Å². The molecule has 0 saturated carbocycles. The van der Waals surface area contributed by atoms with Gasteiger partial charge in [-0.3, -0.25) is 4.90 Å². The van der Waals surface area contributed by atoms with Gasteiger partial charge in [0.15, 0.2) is 0 Å². The number of halogens is 2. The van der Waals surface area contributed by atoms with Crippen molar-refractivity contribution in [3.8, 4) is 0 Å². The van der Waals surface area contributed by atoms with Crippen LogP contribution in [0.3, 0.4) is 0 Å². The Morgan fingerprint density at radius 1 is 1.47 bits per heavy atom. The fourth-order valence-electron chi connectivity index (χ4n) is 2.94. The Hall–Kier alpha value is -0.0900. The van der Waals surface area contributed by atoms with E-state index in [1.54, 1.807) is 0 Å². The standard InChI is InChI=1S/C15H22BrClN2/c1-10(2)9-19-7-3-4-14(18)15(19)12-6-5-11(17)8-13(12)16/h5-6,8,10,14-15H,3-4,7,9,18H2,1-2H3. The summed E-state index contributed by atoms with van der Waals surface area (Å²) < 4.78 is 1.07. The number of nitrogens with zero attached hydrogens (tertiary/aromatic N) is 1. The molecule has 0 amide bonds. The molecular formula is C15H22BrClN2. The molecule has 1 aromatic carbocycles. The van der Waals surface area contributed by atoms with Crippen LogP contribution in [0.25, 0.3) is 0 Å². The molecule has 2 N–H and O–H groups in total. The lowest BCUT2D eigenvalue weighted by Crippen LogP contribution is -2.47. The maximum absolute atomic E-state index is 6.39. The smallest absolute Gasteiger partial charge is 0.0510 e. The normalized spacial score (nSPS) is 24.9. The average molecular weight is 346 g/mol. The average Bonchev–Trinajstić information content (AvgIpc) is 2.30. The molecule has 0 radical (unpaired) electrons. The van der Waals surface area contributed by atoms with Crippen molar-refractivity contribution in [3.63, 3.8) is 0 Å². The number of benzene rings is 1. The van der Waals surface area contributed by atoms with Gasteiger partial charge >= 0.3 is 0 Å². The van der Waals surface area contributed by atoms with Gasteiger partial charge in [0.05, 0.1) is 6.04 Å². The second-order valence-corrected chi connectivity index (χ2v) is 7.10. The topological polar surface area (TPSA) is 29.3 Å². The molecule has 19 heavy (non-hydrogen) atoms. The third-order valence-corrected chi connectivity index (χ3v) is 4.58. The van der Waals surface area contributed by atoms with Gasteiger partial charge in [-0.15, -0.1) is 0 Å². The summed E-state index contributed by atoms with van der Waals surface area (Å²) in [7, 11) is 0. The molecule has 106 valence electrons. The van der Waals surface area contributed by atoms with E-state index in [1.165, 1.54) is 12.0 Å². The van der Waals surface area contributed by atoms with Crippen molar-refractivity contribution in [3.05, 3.63) is 33.3 Å². The summed E-state index contributed by atoms with van der Waals surface area (Å²) in [5.74, 6) is 0.652. The SMILES string of the molecule is CC(C)CN1CCCC(N)C1c1ccc(Cl)cc1Br. The van der Waals surface area contributed by atoms with E-state index < -0.39 is 0 Å². The van der Waals surface area contributed by atoms with Crippen LogP contribution in [0.2, 0.25) is 5.02 Å². The van der Waals surface area contributed by atoms with E-state index in [4.69, 9.17) is 17.3 Å². The number of hydrogen-bond donors (Lipinski definition) is 1. The van der Waals surface area contributed by atoms with E-state index in [9.17, 15) is 0 Å². The second-order valence-electron chi connectivity index (χ2n) is 5.81. The molecule has 4 heteroatoms. The van der Waals surface area contributed by atoms with Crippen molar-refractivity contribution in [2.24, 2.45) is 11.7 Å². The highest BCUT2D eigenvalue weighted by atomic mass is 79.9. The first kappa shape index (κ1) is 15.3. The van der Waals surface area contributed by atoms with Gasteiger partial charge in [0.25, 0.3) is 0 Å². The first-order valence-electron chi connectivity index (χ1n) is 6.93. The van der Waals surface area contributed by atoms with Crippen molar-refractivity contribution in [1.29, 1.82) is 0 Å². The second kappa shape index (κ2) is 6.57. The molecule has 0 aromatic heterocycles. The fourth-order valence-corrected chi connectivity index (χ4v) is 3.86. The molecule has 0 spiro atoms. The van der Waals surface area contributed by atoms with Crippen molar-refractivity contribution in [1.82, 2.24) is 4.90 Å². The molecule has 1 aromatic rings. The number of rotatable bonds is 3. The van der Waals surface area contributed by atoms with Crippen LogP contribution in [0.4, 0.5) is 0 Å². The summed E-state index contributed by atoms with van der Waals surface area (Å²) in [6, 6.07) is 6.52. The molecule has 1 heterocycles. The van der Waals surface area contributed by atoms with Crippen molar-refractivity contribution >= 4 is 27.5 Å². The van der Waals surface area contributed by atoms with Gasteiger partial charge in [0.2, 0.25) is 0 Å². The summed E-state index contributed by atoms with van der Waals surface area (Å²) in [5.41, 5.74) is 7.65. The van der Waals surface area contributed by atoms with Gasteiger partial charge in [-0.2, -0.15) is 0 Å². The van der Waals surface area contributed by atoms with E-state index in [0.29, 0.717) is 12.0 Å². The summed E-state index contributed by atoms with van der Waals surface area (Å²) in [4.78, 5) is 2.52. The van der Waals surface area contributed by atoms with Crippen LogP contribution >= 0.6 is 27.5 Å². The van der Waals surface area contributed by atoms with Crippen LogP contribution in [-0.2, 0) is 0 Å². The fraction of sp³-hybridized carbons (Fsp3) is 0.600. The van der Waals surface area contributed by atoms with Crippen LogP contribution in [-0.4, -0.2) is 24.0 Å². The lowest BCUT2D eigenvalue weighted by Gasteiger charge is -2.41. The lowest BCUT2D eigenvalue weighted by atomic mass is 9.90. The minimum absolute atomic E-state index is 0.199. The number of nitrogens with two attached hydrogens (primary N) is 1. The predicted molar refractivity (Wildman–Crippen MR) is 85.5 cm³/mol. The zero-order valence-electron chi connectivity index (χ0n) is 11.6.